The third-order valence-corrected chi connectivity index (χ3v) is 4.57. The Hall–Kier alpha value is -1.98. The lowest BCUT2D eigenvalue weighted by atomic mass is 10.1. The fraction of sp³-hybridized carbons (Fsp3) is 0.222. The van der Waals surface area contributed by atoms with Crippen LogP contribution in [0.5, 0.6) is 0 Å². The molecule has 2 aromatic rings. The van der Waals surface area contributed by atoms with Gasteiger partial charge in [0.2, 0.25) is 0 Å². The summed E-state index contributed by atoms with van der Waals surface area (Å²) in [6.45, 7) is 3.59. The van der Waals surface area contributed by atoms with E-state index in [-0.39, 0.29) is 12.2 Å². The highest BCUT2D eigenvalue weighted by Crippen LogP contribution is 2.23. The summed E-state index contributed by atoms with van der Waals surface area (Å²) in [6.07, 6.45) is 1.90. The third kappa shape index (κ3) is 4.76. The van der Waals surface area contributed by atoms with Crippen molar-refractivity contribution in [1.29, 1.82) is 0 Å². The number of anilines is 1. The lowest BCUT2D eigenvalue weighted by Crippen LogP contribution is -2.21. The van der Waals surface area contributed by atoms with Crippen molar-refractivity contribution in [2.75, 3.05) is 18.2 Å². The van der Waals surface area contributed by atoms with Crippen LogP contribution in [-0.2, 0) is 9.53 Å². The van der Waals surface area contributed by atoms with Crippen LogP contribution >= 0.6 is 23.4 Å². The molecule has 0 aliphatic heterocycles. The molecular formula is C18H18ClNO3S. The molecule has 0 saturated heterocycles. The van der Waals surface area contributed by atoms with Gasteiger partial charge in [-0.2, -0.15) is 0 Å². The Bertz CT molecular complexity index is 777. The van der Waals surface area contributed by atoms with Crippen molar-refractivity contribution in [2.45, 2.75) is 18.7 Å². The number of benzene rings is 2. The zero-order chi connectivity index (χ0) is 17.7. The summed E-state index contributed by atoms with van der Waals surface area (Å²) in [5, 5.41) is 3.00. The predicted octanol–water partition coefficient (Wildman–Crippen LogP) is 4.47. The highest BCUT2D eigenvalue weighted by Gasteiger charge is 2.14. The maximum Gasteiger partial charge on any atom is 0.340 e. The van der Waals surface area contributed by atoms with Gasteiger partial charge in [0.25, 0.3) is 5.91 Å². The molecule has 0 heterocycles. The maximum atomic E-state index is 12.1. The van der Waals surface area contributed by atoms with Crippen LogP contribution in [0, 0.1) is 13.8 Å². The highest BCUT2D eigenvalue weighted by molar-refractivity contribution is 7.98. The van der Waals surface area contributed by atoms with Crippen LogP contribution in [-0.4, -0.2) is 24.7 Å². The van der Waals surface area contributed by atoms with Crippen molar-refractivity contribution in [2.24, 2.45) is 0 Å². The van der Waals surface area contributed by atoms with Gasteiger partial charge in [-0.1, -0.05) is 17.7 Å². The quantitative estimate of drug-likeness (QED) is 0.628. The van der Waals surface area contributed by atoms with Gasteiger partial charge in [-0.25, -0.2) is 4.79 Å². The smallest absolute Gasteiger partial charge is 0.340 e. The number of nitrogens with one attached hydrogen (secondary N) is 1. The van der Waals surface area contributed by atoms with E-state index >= 15 is 0 Å². The van der Waals surface area contributed by atoms with Gasteiger partial charge in [0.05, 0.1) is 10.6 Å². The van der Waals surface area contributed by atoms with E-state index in [0.717, 1.165) is 16.0 Å². The number of esters is 1. The summed E-state index contributed by atoms with van der Waals surface area (Å²) in [5.74, 6) is -1.02. The van der Waals surface area contributed by atoms with E-state index in [1.54, 1.807) is 18.2 Å². The first-order valence-corrected chi connectivity index (χ1v) is 8.88. The number of thioether (sulfide) groups is 1. The zero-order valence-electron chi connectivity index (χ0n) is 13.7. The maximum absolute atomic E-state index is 12.1. The third-order valence-electron chi connectivity index (χ3n) is 3.52. The molecule has 0 unspecified atom stereocenters. The number of rotatable bonds is 5. The molecule has 1 amide bonds. The Kier molecular flexibility index (Phi) is 6.29. The molecule has 24 heavy (non-hydrogen) atoms. The molecule has 1 N–H and O–H groups in total. The van der Waals surface area contributed by atoms with E-state index in [0.29, 0.717) is 10.7 Å². The molecule has 0 fully saturated rings. The molecule has 0 atom stereocenters. The lowest BCUT2D eigenvalue weighted by Gasteiger charge is -2.09. The molecule has 0 spiro atoms. The standard InChI is InChI=1S/C18H18ClNO3S/c1-11-4-5-13(8-12(11)2)20-17(21)10-23-18(22)15-9-14(24-3)6-7-16(15)19/h4-9H,10H2,1-3H3,(H,20,21). The molecule has 6 heteroatoms. The Morgan fingerprint density at radius 1 is 1.12 bits per heavy atom. The number of carbonyl (C=O) groups is 2. The fourth-order valence-corrected chi connectivity index (χ4v) is 2.65. The lowest BCUT2D eigenvalue weighted by molar-refractivity contribution is -0.119. The molecule has 0 saturated carbocycles. The van der Waals surface area contributed by atoms with Crippen molar-refractivity contribution in [3.63, 3.8) is 0 Å². The number of amides is 1. The number of halogens is 1. The summed E-state index contributed by atoms with van der Waals surface area (Å²) in [5.41, 5.74) is 3.14. The van der Waals surface area contributed by atoms with Gasteiger partial charge >= 0.3 is 5.97 Å². The Morgan fingerprint density at radius 3 is 2.54 bits per heavy atom. The van der Waals surface area contributed by atoms with Gasteiger partial charge in [-0.15, -0.1) is 11.8 Å². The van der Waals surface area contributed by atoms with E-state index in [1.807, 2.05) is 38.3 Å². The summed E-state index contributed by atoms with van der Waals surface area (Å²) >= 11 is 7.51. The average molecular weight is 364 g/mol. The second-order valence-corrected chi connectivity index (χ2v) is 6.56. The molecule has 2 aromatic carbocycles. The summed E-state index contributed by atoms with van der Waals surface area (Å²) in [4.78, 5) is 24.9. The minimum absolute atomic E-state index is 0.252. The van der Waals surface area contributed by atoms with Crippen molar-refractivity contribution in [3.05, 3.63) is 58.1 Å². The van der Waals surface area contributed by atoms with Gasteiger partial charge in [0.15, 0.2) is 6.61 Å². The largest absolute Gasteiger partial charge is 0.452 e. The second kappa shape index (κ2) is 8.22. The van der Waals surface area contributed by atoms with Gasteiger partial charge in [0, 0.05) is 10.6 Å². The van der Waals surface area contributed by atoms with Gasteiger partial charge in [-0.05, 0) is 61.6 Å². The number of hydrogen-bond donors (Lipinski definition) is 1. The van der Waals surface area contributed by atoms with Gasteiger partial charge in [0.1, 0.15) is 0 Å². The van der Waals surface area contributed by atoms with Gasteiger partial charge in [-0.3, -0.25) is 4.79 Å². The van der Waals surface area contributed by atoms with Crippen LogP contribution < -0.4 is 5.32 Å². The molecule has 4 nitrogen and oxygen atoms in total. The minimum atomic E-state index is -0.619. The van der Waals surface area contributed by atoms with Crippen LogP contribution in [0.15, 0.2) is 41.3 Å². The molecule has 2 rings (SSSR count). The SMILES string of the molecule is CSc1ccc(Cl)c(C(=O)OCC(=O)Nc2ccc(C)c(C)c2)c1. The summed E-state index contributed by atoms with van der Waals surface area (Å²) in [7, 11) is 0. The summed E-state index contributed by atoms with van der Waals surface area (Å²) < 4.78 is 5.05. The zero-order valence-corrected chi connectivity index (χ0v) is 15.3. The van der Waals surface area contributed by atoms with E-state index < -0.39 is 11.9 Å². The molecule has 0 aliphatic rings. The topological polar surface area (TPSA) is 55.4 Å². The van der Waals surface area contributed by atoms with E-state index in [2.05, 4.69) is 5.32 Å². The number of ether oxygens (including phenoxy) is 1. The van der Waals surface area contributed by atoms with Crippen LogP contribution in [0.25, 0.3) is 0 Å². The van der Waals surface area contributed by atoms with Gasteiger partial charge < -0.3 is 10.1 Å². The van der Waals surface area contributed by atoms with Crippen LogP contribution in [0.1, 0.15) is 21.5 Å². The van der Waals surface area contributed by atoms with Crippen LogP contribution in [0.4, 0.5) is 5.69 Å². The molecule has 0 aromatic heterocycles. The molecule has 0 bridgehead atoms. The minimum Gasteiger partial charge on any atom is -0.452 e. The Morgan fingerprint density at radius 2 is 1.88 bits per heavy atom. The van der Waals surface area contributed by atoms with E-state index in [1.165, 1.54) is 11.8 Å². The van der Waals surface area contributed by atoms with Crippen molar-refractivity contribution < 1.29 is 14.3 Å². The first-order valence-electron chi connectivity index (χ1n) is 7.28. The van der Waals surface area contributed by atoms with E-state index in [4.69, 9.17) is 16.3 Å². The normalized spacial score (nSPS) is 10.3. The van der Waals surface area contributed by atoms with E-state index in [9.17, 15) is 9.59 Å². The number of aryl methyl sites for hydroxylation is 2. The summed E-state index contributed by atoms with van der Waals surface area (Å²) in [6, 6.07) is 10.7. The highest BCUT2D eigenvalue weighted by atomic mass is 35.5. The van der Waals surface area contributed by atoms with Crippen molar-refractivity contribution in [1.82, 2.24) is 0 Å². The fourth-order valence-electron chi connectivity index (χ4n) is 2.01. The van der Waals surface area contributed by atoms with Crippen LogP contribution in [0.2, 0.25) is 5.02 Å². The Balaban J connectivity index is 1.96. The molecular weight excluding hydrogens is 346 g/mol. The van der Waals surface area contributed by atoms with Crippen molar-refractivity contribution >= 4 is 40.9 Å². The molecule has 0 aliphatic carbocycles. The molecule has 126 valence electrons. The number of carbonyl (C=O) groups excluding carboxylic acids is 2. The Labute approximate surface area is 150 Å². The predicted molar refractivity (Wildman–Crippen MR) is 98.1 cm³/mol. The average Bonchev–Trinajstić information content (AvgIpc) is 2.56. The first kappa shape index (κ1) is 18.4. The number of hydrogen-bond acceptors (Lipinski definition) is 4. The van der Waals surface area contributed by atoms with Crippen LogP contribution in [0.3, 0.4) is 0 Å². The second-order valence-electron chi connectivity index (χ2n) is 5.27. The first-order chi connectivity index (χ1) is 11.4. The monoisotopic (exact) mass is 363 g/mol. The molecule has 0 radical (unpaired) electrons. The van der Waals surface area contributed by atoms with Crippen molar-refractivity contribution in [3.8, 4) is 0 Å².